The first-order valence-corrected chi connectivity index (χ1v) is 5.47. The summed E-state index contributed by atoms with van der Waals surface area (Å²) in [5.74, 6) is 0.251. The zero-order chi connectivity index (χ0) is 14.5. The molecule has 0 aliphatic carbocycles. The first-order valence-electron chi connectivity index (χ1n) is 5.47. The number of rotatable bonds is 5. The molecule has 5 nitrogen and oxygen atoms in total. The van der Waals surface area contributed by atoms with Crippen LogP contribution in [0, 0.1) is 25.2 Å². The lowest BCUT2D eigenvalue weighted by Gasteiger charge is -2.10. The number of anilines is 1. The third-order valence-electron chi connectivity index (χ3n) is 2.37. The maximum absolute atomic E-state index is 11.8. The van der Waals surface area contributed by atoms with E-state index in [-0.39, 0.29) is 19.0 Å². The molecule has 0 saturated carbocycles. The highest BCUT2D eigenvalue weighted by Crippen LogP contribution is 2.17. The van der Waals surface area contributed by atoms with Crippen molar-refractivity contribution in [1.29, 1.82) is 5.26 Å². The van der Waals surface area contributed by atoms with E-state index < -0.39 is 12.8 Å². The van der Waals surface area contributed by atoms with Crippen LogP contribution in [0.5, 0.6) is 0 Å². The van der Waals surface area contributed by atoms with Crippen molar-refractivity contribution in [2.45, 2.75) is 20.0 Å². The highest BCUT2D eigenvalue weighted by atomic mass is 19.4. The van der Waals surface area contributed by atoms with Crippen LogP contribution in [0.15, 0.2) is 0 Å². The average Bonchev–Trinajstić information content (AvgIpc) is 2.32. The SMILES string of the molecule is Cc1nnc(NCCOCC(F)(F)F)c(C#N)c1C. The Hall–Kier alpha value is -1.88. The van der Waals surface area contributed by atoms with Crippen molar-refractivity contribution in [3.63, 3.8) is 0 Å². The van der Waals surface area contributed by atoms with Gasteiger partial charge in [0.15, 0.2) is 5.82 Å². The van der Waals surface area contributed by atoms with Gasteiger partial charge >= 0.3 is 6.18 Å². The lowest BCUT2D eigenvalue weighted by Crippen LogP contribution is -2.20. The van der Waals surface area contributed by atoms with Gasteiger partial charge in [-0.15, -0.1) is 5.10 Å². The topological polar surface area (TPSA) is 70.8 Å². The summed E-state index contributed by atoms with van der Waals surface area (Å²) in [7, 11) is 0. The lowest BCUT2D eigenvalue weighted by molar-refractivity contribution is -0.172. The van der Waals surface area contributed by atoms with E-state index in [0.29, 0.717) is 16.8 Å². The van der Waals surface area contributed by atoms with E-state index in [1.807, 2.05) is 6.07 Å². The van der Waals surface area contributed by atoms with Gasteiger partial charge < -0.3 is 10.1 Å². The molecule has 19 heavy (non-hydrogen) atoms. The minimum absolute atomic E-state index is 0.113. The molecule has 0 radical (unpaired) electrons. The molecular formula is C11H13F3N4O. The fraction of sp³-hybridized carbons (Fsp3) is 0.545. The Morgan fingerprint density at radius 2 is 2.00 bits per heavy atom. The minimum Gasteiger partial charge on any atom is -0.370 e. The maximum Gasteiger partial charge on any atom is 0.411 e. The number of aryl methyl sites for hydroxylation is 1. The van der Waals surface area contributed by atoms with E-state index in [2.05, 4.69) is 20.3 Å². The normalized spacial score (nSPS) is 11.2. The molecule has 0 fully saturated rings. The molecule has 1 aromatic rings. The van der Waals surface area contributed by atoms with Gasteiger partial charge in [0.2, 0.25) is 0 Å². The number of nitrogens with one attached hydrogen (secondary N) is 1. The Labute approximate surface area is 108 Å². The molecule has 1 rings (SSSR count). The Balaban J connectivity index is 2.51. The van der Waals surface area contributed by atoms with Crippen LogP contribution < -0.4 is 5.32 Å². The first-order chi connectivity index (χ1) is 8.85. The van der Waals surface area contributed by atoms with Gasteiger partial charge in [0, 0.05) is 6.54 Å². The molecule has 0 bridgehead atoms. The van der Waals surface area contributed by atoms with Gasteiger partial charge in [-0.05, 0) is 19.4 Å². The number of alkyl halides is 3. The summed E-state index contributed by atoms with van der Waals surface area (Å²) < 4.78 is 39.9. The van der Waals surface area contributed by atoms with Gasteiger partial charge in [0.1, 0.15) is 18.2 Å². The fourth-order valence-corrected chi connectivity index (χ4v) is 1.30. The monoisotopic (exact) mass is 274 g/mol. The highest BCUT2D eigenvalue weighted by Gasteiger charge is 2.27. The van der Waals surface area contributed by atoms with E-state index in [4.69, 9.17) is 5.26 Å². The third kappa shape index (κ3) is 4.71. The molecule has 0 spiro atoms. The van der Waals surface area contributed by atoms with Gasteiger partial charge in [-0.25, -0.2) is 0 Å². The number of nitrogens with zero attached hydrogens (tertiary/aromatic N) is 3. The second-order valence-corrected chi connectivity index (χ2v) is 3.84. The minimum atomic E-state index is -4.34. The second kappa shape index (κ2) is 6.33. The van der Waals surface area contributed by atoms with Crippen molar-refractivity contribution in [2.24, 2.45) is 0 Å². The van der Waals surface area contributed by atoms with Crippen LogP contribution in [-0.2, 0) is 4.74 Å². The van der Waals surface area contributed by atoms with Crippen molar-refractivity contribution >= 4 is 5.82 Å². The summed E-state index contributed by atoms with van der Waals surface area (Å²) in [6.07, 6.45) is -4.34. The molecule has 0 unspecified atom stereocenters. The number of aromatic nitrogens is 2. The smallest absolute Gasteiger partial charge is 0.370 e. The molecule has 104 valence electrons. The number of ether oxygens (including phenoxy) is 1. The van der Waals surface area contributed by atoms with Crippen LogP contribution in [0.25, 0.3) is 0 Å². The zero-order valence-electron chi connectivity index (χ0n) is 10.5. The quantitative estimate of drug-likeness (QED) is 0.831. The first kappa shape index (κ1) is 15.2. The maximum atomic E-state index is 11.8. The number of nitriles is 1. The summed E-state index contributed by atoms with van der Waals surface area (Å²) in [6.45, 7) is 2.13. The fourth-order valence-electron chi connectivity index (χ4n) is 1.30. The van der Waals surface area contributed by atoms with E-state index in [9.17, 15) is 13.2 Å². The second-order valence-electron chi connectivity index (χ2n) is 3.84. The van der Waals surface area contributed by atoms with Gasteiger partial charge in [-0.3, -0.25) is 0 Å². The molecule has 1 aromatic heterocycles. The molecule has 0 aliphatic heterocycles. The molecule has 0 atom stereocenters. The largest absolute Gasteiger partial charge is 0.411 e. The Morgan fingerprint density at radius 3 is 2.58 bits per heavy atom. The van der Waals surface area contributed by atoms with Gasteiger partial charge in [-0.2, -0.15) is 23.5 Å². The number of hydrogen-bond acceptors (Lipinski definition) is 5. The van der Waals surface area contributed by atoms with Crippen molar-refractivity contribution in [1.82, 2.24) is 10.2 Å². The molecule has 0 aromatic carbocycles. The van der Waals surface area contributed by atoms with Crippen LogP contribution in [0.2, 0.25) is 0 Å². The van der Waals surface area contributed by atoms with Crippen molar-refractivity contribution in [2.75, 3.05) is 25.1 Å². The Kier molecular flexibility index (Phi) is 5.06. The summed E-state index contributed by atoms with van der Waals surface area (Å²) in [5.41, 5.74) is 1.66. The van der Waals surface area contributed by atoms with E-state index >= 15 is 0 Å². The molecule has 8 heteroatoms. The van der Waals surface area contributed by atoms with Gasteiger partial charge in [0.25, 0.3) is 0 Å². The molecule has 0 saturated heterocycles. The summed E-state index contributed by atoms with van der Waals surface area (Å²) in [4.78, 5) is 0. The van der Waals surface area contributed by atoms with Gasteiger partial charge in [-0.1, -0.05) is 0 Å². The number of hydrogen-bond donors (Lipinski definition) is 1. The Bertz CT molecular complexity index is 482. The van der Waals surface area contributed by atoms with E-state index in [1.165, 1.54) is 0 Å². The molecular weight excluding hydrogens is 261 g/mol. The predicted molar refractivity (Wildman–Crippen MR) is 61.6 cm³/mol. The van der Waals surface area contributed by atoms with Crippen LogP contribution in [0.1, 0.15) is 16.8 Å². The highest BCUT2D eigenvalue weighted by molar-refractivity contribution is 5.55. The van der Waals surface area contributed by atoms with E-state index in [0.717, 1.165) is 0 Å². The van der Waals surface area contributed by atoms with Crippen molar-refractivity contribution < 1.29 is 17.9 Å². The van der Waals surface area contributed by atoms with Crippen molar-refractivity contribution in [3.8, 4) is 6.07 Å². The van der Waals surface area contributed by atoms with E-state index in [1.54, 1.807) is 13.8 Å². The molecule has 0 aliphatic rings. The Morgan fingerprint density at radius 1 is 1.32 bits per heavy atom. The zero-order valence-corrected chi connectivity index (χ0v) is 10.5. The molecule has 1 heterocycles. The summed E-state index contributed by atoms with van der Waals surface area (Å²) >= 11 is 0. The standard InChI is InChI=1S/C11H13F3N4O/c1-7-8(2)17-18-10(9(7)5-15)16-3-4-19-6-11(12,13)14/h3-4,6H2,1-2H3,(H,16,18). The van der Waals surface area contributed by atoms with Gasteiger partial charge in [0.05, 0.1) is 12.3 Å². The molecule has 1 N–H and O–H groups in total. The average molecular weight is 274 g/mol. The van der Waals surface area contributed by atoms with Crippen LogP contribution in [0.3, 0.4) is 0 Å². The molecule has 0 amide bonds. The predicted octanol–water partition coefficient (Wildman–Crippen LogP) is 1.96. The third-order valence-corrected chi connectivity index (χ3v) is 2.37. The van der Waals surface area contributed by atoms with Crippen LogP contribution in [0.4, 0.5) is 19.0 Å². The van der Waals surface area contributed by atoms with Crippen molar-refractivity contribution in [3.05, 3.63) is 16.8 Å². The van der Waals surface area contributed by atoms with Crippen LogP contribution >= 0.6 is 0 Å². The number of halogens is 3. The van der Waals surface area contributed by atoms with Crippen LogP contribution in [-0.4, -0.2) is 36.1 Å². The lowest BCUT2D eigenvalue weighted by atomic mass is 10.1. The summed E-state index contributed by atoms with van der Waals surface area (Å²) in [5, 5.41) is 19.4. The summed E-state index contributed by atoms with van der Waals surface area (Å²) in [6, 6.07) is 1.98.